The highest BCUT2D eigenvalue weighted by molar-refractivity contribution is 6.01. The number of pyridine rings is 1. The number of fused-ring (bicyclic) bond motifs is 2. The largest absolute Gasteiger partial charge is 0.451 e. The molecule has 1 fully saturated rings. The topological polar surface area (TPSA) is 105 Å². The fourth-order valence-electron chi connectivity index (χ4n) is 5.35. The Morgan fingerprint density at radius 1 is 1.05 bits per heavy atom. The summed E-state index contributed by atoms with van der Waals surface area (Å²) in [6, 6.07) is 18.2. The zero-order valence-electron chi connectivity index (χ0n) is 23.3. The summed E-state index contributed by atoms with van der Waals surface area (Å²) in [7, 11) is 0. The van der Waals surface area contributed by atoms with Crippen LogP contribution >= 0.6 is 0 Å². The molecule has 0 spiro atoms. The number of amides is 2. The van der Waals surface area contributed by atoms with E-state index in [0.29, 0.717) is 44.5 Å². The Morgan fingerprint density at radius 2 is 1.82 bits per heavy atom. The SMILES string of the molecule is Cc1c(C(=O)N[C@H](CC(C)C)C(=O)N[C@@H]2CCN(Cc3ccc4ccccc4n3)CCC2=O)oc2ccccc12. The van der Waals surface area contributed by atoms with E-state index in [4.69, 9.17) is 9.40 Å². The van der Waals surface area contributed by atoms with Gasteiger partial charge in [0.25, 0.3) is 5.91 Å². The fraction of sp³-hybridized carbons (Fsp3) is 0.375. The third kappa shape index (κ3) is 6.23. The van der Waals surface area contributed by atoms with Crippen molar-refractivity contribution in [3.05, 3.63) is 77.7 Å². The number of ketones is 1. The molecular formula is C32H36N4O4. The minimum absolute atomic E-state index is 0.00470. The van der Waals surface area contributed by atoms with Gasteiger partial charge in [-0.1, -0.05) is 56.3 Å². The first-order valence-electron chi connectivity index (χ1n) is 14.0. The second-order valence-electron chi connectivity index (χ2n) is 11.0. The second kappa shape index (κ2) is 12.0. The third-order valence-electron chi connectivity index (χ3n) is 7.53. The van der Waals surface area contributed by atoms with Crippen LogP contribution in [0.3, 0.4) is 0 Å². The van der Waals surface area contributed by atoms with Crippen LogP contribution in [0.25, 0.3) is 21.9 Å². The van der Waals surface area contributed by atoms with Gasteiger partial charge in [0.1, 0.15) is 11.6 Å². The van der Waals surface area contributed by atoms with Crippen LogP contribution in [0.5, 0.6) is 0 Å². The standard InChI is InChI=1S/C32H36N4O4/c1-20(2)18-27(35-32(39)30-21(3)24-9-5-7-11-29(24)40-30)31(38)34-26-14-16-36(17-15-28(26)37)19-23-13-12-22-8-4-6-10-25(22)33-23/h4-13,20,26-27H,14-19H2,1-3H3,(H,34,38)(H,35,39)/t26-,27-/m1/s1. The molecular weight excluding hydrogens is 504 g/mol. The zero-order chi connectivity index (χ0) is 28.2. The van der Waals surface area contributed by atoms with E-state index < -0.39 is 18.0 Å². The van der Waals surface area contributed by atoms with Crippen LogP contribution in [0.4, 0.5) is 0 Å². The molecule has 40 heavy (non-hydrogen) atoms. The minimum Gasteiger partial charge on any atom is -0.451 e. The summed E-state index contributed by atoms with van der Waals surface area (Å²) in [6.45, 7) is 7.73. The number of Topliss-reactive ketones (excluding diaryl/α,β-unsaturated/α-hetero) is 1. The van der Waals surface area contributed by atoms with Crippen molar-refractivity contribution in [1.29, 1.82) is 0 Å². The average molecular weight is 541 g/mol. The minimum atomic E-state index is -0.783. The molecule has 2 amide bonds. The van der Waals surface area contributed by atoms with E-state index in [0.717, 1.165) is 27.5 Å². The van der Waals surface area contributed by atoms with Crippen molar-refractivity contribution in [2.75, 3.05) is 13.1 Å². The molecule has 0 radical (unpaired) electrons. The maximum absolute atomic E-state index is 13.4. The van der Waals surface area contributed by atoms with Gasteiger partial charge in [0.05, 0.1) is 17.3 Å². The molecule has 4 aromatic rings. The highest BCUT2D eigenvalue weighted by Crippen LogP contribution is 2.25. The molecule has 0 unspecified atom stereocenters. The van der Waals surface area contributed by atoms with Crippen LogP contribution in [-0.2, 0) is 16.1 Å². The van der Waals surface area contributed by atoms with Crippen molar-refractivity contribution in [2.45, 2.75) is 58.7 Å². The van der Waals surface area contributed by atoms with Gasteiger partial charge in [-0.3, -0.25) is 24.3 Å². The summed E-state index contributed by atoms with van der Waals surface area (Å²) in [4.78, 5) is 46.5. The van der Waals surface area contributed by atoms with Crippen LogP contribution < -0.4 is 10.6 Å². The van der Waals surface area contributed by atoms with Crippen LogP contribution in [-0.4, -0.2) is 52.7 Å². The number of carbonyl (C=O) groups is 3. The van der Waals surface area contributed by atoms with Crippen LogP contribution in [0.2, 0.25) is 0 Å². The first-order chi connectivity index (χ1) is 19.3. The highest BCUT2D eigenvalue weighted by atomic mass is 16.3. The Balaban J connectivity index is 1.23. The number of para-hydroxylation sites is 2. The summed E-state index contributed by atoms with van der Waals surface area (Å²) >= 11 is 0. The van der Waals surface area contributed by atoms with E-state index in [-0.39, 0.29) is 23.4 Å². The molecule has 0 aliphatic carbocycles. The molecule has 2 atom stereocenters. The molecule has 0 saturated carbocycles. The molecule has 2 aromatic heterocycles. The van der Waals surface area contributed by atoms with Gasteiger partial charge in [0.2, 0.25) is 5.91 Å². The maximum atomic E-state index is 13.4. The second-order valence-corrected chi connectivity index (χ2v) is 11.0. The Bertz CT molecular complexity index is 1540. The van der Waals surface area contributed by atoms with Gasteiger partial charge in [-0.15, -0.1) is 0 Å². The lowest BCUT2D eigenvalue weighted by molar-refractivity contribution is -0.129. The predicted octanol–water partition coefficient (Wildman–Crippen LogP) is 4.78. The molecule has 1 aliphatic heterocycles. The Kier molecular flexibility index (Phi) is 8.26. The number of likely N-dealkylation sites (tertiary alicyclic amines) is 1. The molecule has 2 aromatic carbocycles. The van der Waals surface area contributed by atoms with E-state index in [1.807, 2.05) is 75.4 Å². The normalized spacial score (nSPS) is 17.2. The lowest BCUT2D eigenvalue weighted by Gasteiger charge is -2.23. The smallest absolute Gasteiger partial charge is 0.287 e. The molecule has 8 nitrogen and oxygen atoms in total. The van der Waals surface area contributed by atoms with Crippen molar-refractivity contribution in [1.82, 2.24) is 20.5 Å². The third-order valence-corrected chi connectivity index (χ3v) is 7.53. The zero-order valence-corrected chi connectivity index (χ0v) is 23.3. The average Bonchev–Trinajstić information content (AvgIpc) is 3.19. The molecule has 1 aliphatic rings. The predicted molar refractivity (Wildman–Crippen MR) is 155 cm³/mol. The molecule has 8 heteroatoms. The number of nitrogens with one attached hydrogen (secondary N) is 2. The number of aromatic nitrogens is 1. The fourth-order valence-corrected chi connectivity index (χ4v) is 5.35. The van der Waals surface area contributed by atoms with Crippen molar-refractivity contribution in [3.63, 3.8) is 0 Å². The first kappa shape index (κ1) is 27.5. The van der Waals surface area contributed by atoms with Gasteiger partial charge in [-0.25, -0.2) is 0 Å². The monoisotopic (exact) mass is 540 g/mol. The number of hydrogen-bond donors (Lipinski definition) is 2. The van der Waals surface area contributed by atoms with Gasteiger partial charge in [-0.05, 0) is 43.9 Å². The molecule has 0 bridgehead atoms. The first-order valence-corrected chi connectivity index (χ1v) is 14.0. The number of furan rings is 1. The van der Waals surface area contributed by atoms with E-state index in [2.05, 4.69) is 21.6 Å². The van der Waals surface area contributed by atoms with E-state index >= 15 is 0 Å². The maximum Gasteiger partial charge on any atom is 0.287 e. The van der Waals surface area contributed by atoms with Crippen LogP contribution in [0.15, 0.2) is 65.1 Å². The highest BCUT2D eigenvalue weighted by Gasteiger charge is 2.31. The molecule has 208 valence electrons. The molecule has 2 N–H and O–H groups in total. The molecule has 5 rings (SSSR count). The van der Waals surface area contributed by atoms with E-state index in [1.165, 1.54) is 0 Å². The number of hydrogen-bond acceptors (Lipinski definition) is 6. The van der Waals surface area contributed by atoms with Crippen LogP contribution in [0, 0.1) is 12.8 Å². The number of rotatable bonds is 8. The summed E-state index contributed by atoms with van der Waals surface area (Å²) in [5.74, 6) is -0.423. The number of carbonyl (C=O) groups excluding carboxylic acids is 3. The van der Waals surface area contributed by atoms with Crippen molar-refractivity contribution < 1.29 is 18.8 Å². The number of nitrogens with zero attached hydrogens (tertiary/aromatic N) is 2. The number of aryl methyl sites for hydroxylation is 1. The Labute approximate surface area is 234 Å². The summed E-state index contributed by atoms with van der Waals surface area (Å²) in [5.41, 5.74) is 3.26. The van der Waals surface area contributed by atoms with Gasteiger partial charge < -0.3 is 15.1 Å². The molecule has 3 heterocycles. The van der Waals surface area contributed by atoms with Gasteiger partial charge in [0, 0.05) is 42.4 Å². The van der Waals surface area contributed by atoms with E-state index in [9.17, 15) is 14.4 Å². The lowest BCUT2D eigenvalue weighted by atomic mass is 10.0. The lowest BCUT2D eigenvalue weighted by Crippen LogP contribution is -2.52. The van der Waals surface area contributed by atoms with Gasteiger partial charge in [-0.2, -0.15) is 0 Å². The Morgan fingerprint density at radius 3 is 2.62 bits per heavy atom. The summed E-state index contributed by atoms with van der Waals surface area (Å²) in [5, 5.41) is 7.77. The molecule has 1 saturated heterocycles. The van der Waals surface area contributed by atoms with Crippen LogP contribution in [0.1, 0.15) is 54.9 Å². The Hall–Kier alpha value is -4.04. The van der Waals surface area contributed by atoms with Crippen molar-refractivity contribution in [2.24, 2.45) is 5.92 Å². The summed E-state index contributed by atoms with van der Waals surface area (Å²) < 4.78 is 5.81. The van der Waals surface area contributed by atoms with Crippen molar-refractivity contribution >= 4 is 39.5 Å². The summed E-state index contributed by atoms with van der Waals surface area (Å²) in [6.07, 6.45) is 1.29. The van der Waals surface area contributed by atoms with Gasteiger partial charge >= 0.3 is 0 Å². The van der Waals surface area contributed by atoms with Gasteiger partial charge in [0.15, 0.2) is 11.5 Å². The van der Waals surface area contributed by atoms with Crippen molar-refractivity contribution in [3.8, 4) is 0 Å². The quantitative estimate of drug-likeness (QED) is 0.333. The van der Waals surface area contributed by atoms with E-state index in [1.54, 1.807) is 0 Å². The number of benzene rings is 2.